The van der Waals surface area contributed by atoms with E-state index in [-0.39, 0.29) is 17.4 Å². The van der Waals surface area contributed by atoms with E-state index < -0.39 is 17.9 Å². The number of anilines is 2. The molecule has 26 heavy (non-hydrogen) atoms. The molecule has 2 aliphatic heterocycles. The molecule has 8 heteroatoms. The van der Waals surface area contributed by atoms with Gasteiger partial charge in [-0.2, -0.15) is 0 Å². The van der Waals surface area contributed by atoms with Crippen molar-refractivity contribution in [3.05, 3.63) is 24.3 Å². The Kier molecular flexibility index (Phi) is 5.13. The Morgan fingerprint density at radius 2 is 2.04 bits per heavy atom. The fourth-order valence-corrected chi connectivity index (χ4v) is 4.68. The number of carbonyl (C=O) groups excluding carboxylic acids is 3. The number of fused-ring (bicyclic) bond motifs is 1. The molecule has 7 nitrogen and oxygen atoms in total. The van der Waals surface area contributed by atoms with Crippen LogP contribution in [0.2, 0.25) is 0 Å². The fraction of sp³-hybridized carbons (Fsp3) is 0.500. The van der Waals surface area contributed by atoms with Crippen molar-refractivity contribution >= 4 is 40.9 Å². The maximum Gasteiger partial charge on any atom is 0.330 e. The first-order valence-electron chi connectivity index (χ1n) is 8.50. The van der Waals surface area contributed by atoms with E-state index in [0.29, 0.717) is 17.9 Å². The van der Waals surface area contributed by atoms with Gasteiger partial charge in [0.1, 0.15) is 6.04 Å². The highest BCUT2D eigenvalue weighted by atomic mass is 32.2. The van der Waals surface area contributed by atoms with E-state index >= 15 is 0 Å². The van der Waals surface area contributed by atoms with Crippen molar-refractivity contribution < 1.29 is 19.1 Å². The first-order valence-corrected chi connectivity index (χ1v) is 9.49. The molecule has 0 aromatic heterocycles. The predicted octanol–water partition coefficient (Wildman–Crippen LogP) is 1.69. The molecule has 0 radical (unpaired) electrons. The van der Waals surface area contributed by atoms with E-state index in [1.165, 1.54) is 0 Å². The summed E-state index contributed by atoms with van der Waals surface area (Å²) in [4.78, 5) is 39.7. The van der Waals surface area contributed by atoms with Crippen LogP contribution in [0.25, 0.3) is 0 Å². The number of amides is 2. The van der Waals surface area contributed by atoms with Gasteiger partial charge in [-0.25, -0.2) is 4.79 Å². The summed E-state index contributed by atoms with van der Waals surface area (Å²) in [5.74, 6) is -0.439. The van der Waals surface area contributed by atoms with Gasteiger partial charge in [0.05, 0.1) is 4.87 Å². The lowest BCUT2D eigenvalue weighted by Crippen LogP contribution is -2.47. The van der Waals surface area contributed by atoms with Crippen LogP contribution < -0.4 is 10.2 Å². The number of esters is 1. The molecule has 140 valence electrons. The number of carbonyl (C=O) groups is 3. The normalized spacial score (nSPS) is 24.3. The smallest absolute Gasteiger partial charge is 0.330 e. The molecule has 2 atom stereocenters. The highest BCUT2D eigenvalue weighted by molar-refractivity contribution is 8.01. The van der Waals surface area contributed by atoms with Crippen molar-refractivity contribution in [2.45, 2.75) is 30.7 Å². The monoisotopic (exact) mass is 377 g/mol. The third-order valence-corrected chi connectivity index (χ3v) is 6.24. The summed E-state index contributed by atoms with van der Waals surface area (Å²) in [6.45, 7) is 1.61. The second kappa shape index (κ2) is 7.19. The third-order valence-electron chi connectivity index (χ3n) is 4.73. The van der Waals surface area contributed by atoms with E-state index in [1.807, 2.05) is 38.1 Å². The maximum absolute atomic E-state index is 12.3. The van der Waals surface area contributed by atoms with Gasteiger partial charge in [-0.15, -0.1) is 11.8 Å². The SMILES string of the molecule is CN(C)c1ccc(NC(=O)COC(=O)[C@@H]2CS[C@]3(C)CCC(=O)N23)cc1. The Labute approximate surface area is 157 Å². The van der Waals surface area contributed by atoms with Gasteiger partial charge in [0.15, 0.2) is 6.61 Å². The largest absolute Gasteiger partial charge is 0.454 e. The summed E-state index contributed by atoms with van der Waals surface area (Å²) in [6.07, 6.45) is 1.19. The van der Waals surface area contributed by atoms with Gasteiger partial charge in [-0.1, -0.05) is 0 Å². The van der Waals surface area contributed by atoms with E-state index in [9.17, 15) is 14.4 Å². The molecule has 3 rings (SSSR count). The zero-order chi connectivity index (χ0) is 18.9. The van der Waals surface area contributed by atoms with Crippen LogP contribution in [0.15, 0.2) is 24.3 Å². The van der Waals surface area contributed by atoms with Gasteiger partial charge in [0, 0.05) is 37.6 Å². The highest BCUT2D eigenvalue weighted by Gasteiger charge is 2.53. The minimum atomic E-state index is -0.604. The minimum Gasteiger partial charge on any atom is -0.454 e. The summed E-state index contributed by atoms with van der Waals surface area (Å²) >= 11 is 1.60. The summed E-state index contributed by atoms with van der Waals surface area (Å²) < 4.78 is 5.16. The van der Waals surface area contributed by atoms with Crippen LogP contribution in [0, 0.1) is 0 Å². The average Bonchev–Trinajstić information content (AvgIpc) is 3.09. The van der Waals surface area contributed by atoms with Crippen molar-refractivity contribution in [1.29, 1.82) is 0 Å². The Morgan fingerprint density at radius 3 is 2.69 bits per heavy atom. The zero-order valence-electron chi connectivity index (χ0n) is 15.2. The van der Waals surface area contributed by atoms with Crippen LogP contribution >= 0.6 is 11.8 Å². The molecular weight excluding hydrogens is 354 g/mol. The van der Waals surface area contributed by atoms with Crippen LogP contribution in [0.4, 0.5) is 11.4 Å². The van der Waals surface area contributed by atoms with Gasteiger partial charge in [-0.3, -0.25) is 9.59 Å². The molecule has 0 spiro atoms. The summed E-state index contributed by atoms with van der Waals surface area (Å²) in [6, 6.07) is 6.75. The van der Waals surface area contributed by atoms with Crippen molar-refractivity contribution in [2.75, 3.05) is 36.7 Å². The maximum atomic E-state index is 12.3. The van der Waals surface area contributed by atoms with Crippen LogP contribution in [0.5, 0.6) is 0 Å². The third kappa shape index (κ3) is 3.65. The zero-order valence-corrected chi connectivity index (χ0v) is 16.0. The van der Waals surface area contributed by atoms with E-state index in [4.69, 9.17) is 4.74 Å². The molecule has 2 saturated heterocycles. The lowest BCUT2D eigenvalue weighted by Gasteiger charge is -2.29. The molecular formula is C18H23N3O4S. The first kappa shape index (κ1) is 18.6. The van der Waals surface area contributed by atoms with Crippen molar-refractivity contribution in [2.24, 2.45) is 0 Å². The van der Waals surface area contributed by atoms with Crippen LogP contribution in [0.1, 0.15) is 19.8 Å². The second-order valence-electron chi connectivity index (χ2n) is 6.86. The van der Waals surface area contributed by atoms with Crippen molar-refractivity contribution in [3.63, 3.8) is 0 Å². The van der Waals surface area contributed by atoms with Gasteiger partial charge in [-0.05, 0) is 37.6 Å². The number of hydrogen-bond acceptors (Lipinski definition) is 6. The Balaban J connectivity index is 1.51. The molecule has 2 heterocycles. The predicted molar refractivity (Wildman–Crippen MR) is 101 cm³/mol. The molecule has 2 amide bonds. The van der Waals surface area contributed by atoms with E-state index in [1.54, 1.807) is 28.8 Å². The molecule has 1 aromatic rings. The molecule has 1 aromatic carbocycles. The summed E-state index contributed by atoms with van der Waals surface area (Å²) in [5, 5.41) is 2.70. The Bertz CT molecular complexity index is 722. The molecule has 2 fully saturated rings. The Morgan fingerprint density at radius 1 is 1.35 bits per heavy atom. The quantitative estimate of drug-likeness (QED) is 0.787. The summed E-state index contributed by atoms with van der Waals surface area (Å²) in [7, 11) is 3.87. The van der Waals surface area contributed by atoms with Crippen molar-refractivity contribution in [3.8, 4) is 0 Å². The van der Waals surface area contributed by atoms with Gasteiger partial charge >= 0.3 is 5.97 Å². The van der Waals surface area contributed by atoms with E-state index in [2.05, 4.69) is 5.32 Å². The first-order chi connectivity index (χ1) is 12.3. The molecule has 0 unspecified atom stereocenters. The van der Waals surface area contributed by atoms with E-state index in [0.717, 1.165) is 12.1 Å². The number of thioether (sulfide) groups is 1. The molecule has 0 bridgehead atoms. The van der Waals surface area contributed by atoms with Crippen LogP contribution in [-0.4, -0.2) is 60.1 Å². The molecule has 0 aliphatic carbocycles. The summed E-state index contributed by atoms with van der Waals surface area (Å²) in [5.41, 5.74) is 1.65. The minimum absolute atomic E-state index is 0.0233. The Hall–Kier alpha value is -2.22. The van der Waals surface area contributed by atoms with Crippen molar-refractivity contribution in [1.82, 2.24) is 4.90 Å². The molecule has 0 saturated carbocycles. The number of rotatable bonds is 5. The lowest BCUT2D eigenvalue weighted by atomic mass is 10.2. The standard InChI is InChI=1S/C18H23N3O4S/c1-18-9-8-16(23)21(18)14(11-26-18)17(24)25-10-15(22)19-12-4-6-13(7-5-12)20(2)3/h4-7,14H,8-11H2,1-3H3,(H,19,22)/t14-,18+/m0/s1. The number of hydrogen-bond donors (Lipinski definition) is 1. The number of benzene rings is 1. The van der Waals surface area contributed by atoms with Crippen LogP contribution in [-0.2, 0) is 19.1 Å². The molecule has 1 N–H and O–H groups in total. The highest BCUT2D eigenvalue weighted by Crippen LogP contribution is 2.47. The lowest BCUT2D eigenvalue weighted by molar-refractivity contribution is -0.155. The van der Waals surface area contributed by atoms with Gasteiger partial charge < -0.3 is 19.9 Å². The number of ether oxygens (including phenoxy) is 1. The fourth-order valence-electron chi connectivity index (χ4n) is 3.27. The average molecular weight is 377 g/mol. The number of nitrogens with zero attached hydrogens (tertiary/aromatic N) is 2. The topological polar surface area (TPSA) is 79.0 Å². The van der Waals surface area contributed by atoms with Crippen LogP contribution in [0.3, 0.4) is 0 Å². The number of nitrogens with one attached hydrogen (secondary N) is 1. The second-order valence-corrected chi connectivity index (χ2v) is 8.36. The van der Waals surface area contributed by atoms with Gasteiger partial charge in [0.25, 0.3) is 5.91 Å². The van der Waals surface area contributed by atoms with Gasteiger partial charge in [0.2, 0.25) is 5.91 Å². The molecule has 2 aliphatic rings.